The standard InChI is InChI=1S/C18H25N5O3S/c1-12(17(24)19-15-11-14(25-2)9-10-16(15)26-3)27-18-20-21-22-23(18)13-7-5-4-6-8-13/h9-13H,4-8H2,1-3H3,(H,19,24). The summed E-state index contributed by atoms with van der Waals surface area (Å²) in [5.74, 6) is 1.07. The maximum Gasteiger partial charge on any atom is 0.237 e. The molecule has 27 heavy (non-hydrogen) atoms. The molecule has 9 heteroatoms. The third-order valence-electron chi connectivity index (χ3n) is 4.70. The zero-order valence-electron chi connectivity index (χ0n) is 15.8. The van der Waals surface area contributed by atoms with Crippen LogP contribution < -0.4 is 14.8 Å². The van der Waals surface area contributed by atoms with Crippen molar-refractivity contribution < 1.29 is 14.3 Å². The predicted molar refractivity (Wildman–Crippen MR) is 103 cm³/mol. The molecule has 1 saturated carbocycles. The van der Waals surface area contributed by atoms with Gasteiger partial charge < -0.3 is 14.8 Å². The first-order valence-electron chi connectivity index (χ1n) is 9.09. The van der Waals surface area contributed by atoms with Crippen LogP contribution in [-0.4, -0.2) is 45.6 Å². The molecule has 1 aliphatic rings. The molecule has 2 aromatic rings. The van der Waals surface area contributed by atoms with Gasteiger partial charge >= 0.3 is 0 Å². The van der Waals surface area contributed by atoms with Gasteiger partial charge in [-0.15, -0.1) is 5.10 Å². The minimum Gasteiger partial charge on any atom is -0.497 e. The molecule has 8 nitrogen and oxygen atoms in total. The van der Waals surface area contributed by atoms with E-state index in [1.54, 1.807) is 32.4 Å². The molecule has 0 spiro atoms. The van der Waals surface area contributed by atoms with Crippen LogP contribution in [0.2, 0.25) is 0 Å². The first kappa shape index (κ1) is 19.5. The van der Waals surface area contributed by atoms with Crippen molar-refractivity contribution in [2.24, 2.45) is 0 Å². The average Bonchev–Trinajstić information content (AvgIpc) is 3.16. The number of benzene rings is 1. The van der Waals surface area contributed by atoms with Gasteiger partial charge in [-0.3, -0.25) is 4.79 Å². The Balaban J connectivity index is 1.68. The molecule has 1 aliphatic carbocycles. The van der Waals surface area contributed by atoms with E-state index in [0.717, 1.165) is 12.8 Å². The van der Waals surface area contributed by atoms with Crippen LogP contribution >= 0.6 is 11.8 Å². The summed E-state index contributed by atoms with van der Waals surface area (Å²) < 4.78 is 12.4. The lowest BCUT2D eigenvalue weighted by molar-refractivity contribution is -0.115. The van der Waals surface area contributed by atoms with Crippen LogP contribution in [0.4, 0.5) is 5.69 Å². The highest BCUT2D eigenvalue weighted by molar-refractivity contribution is 8.00. The van der Waals surface area contributed by atoms with E-state index in [2.05, 4.69) is 20.8 Å². The second kappa shape index (κ2) is 9.07. The first-order valence-corrected chi connectivity index (χ1v) is 9.97. The smallest absolute Gasteiger partial charge is 0.237 e. The Labute approximate surface area is 163 Å². The van der Waals surface area contributed by atoms with Gasteiger partial charge in [0.25, 0.3) is 0 Å². The molecule has 146 valence electrons. The minimum atomic E-state index is -0.366. The van der Waals surface area contributed by atoms with E-state index in [9.17, 15) is 4.79 Å². The van der Waals surface area contributed by atoms with Crippen LogP contribution in [-0.2, 0) is 4.79 Å². The molecule has 1 fully saturated rings. The first-order chi connectivity index (χ1) is 13.1. The Morgan fingerprint density at radius 2 is 2.04 bits per heavy atom. The van der Waals surface area contributed by atoms with Crippen molar-refractivity contribution >= 4 is 23.4 Å². The SMILES string of the molecule is COc1ccc(OC)c(NC(=O)C(C)Sc2nnnn2C2CCCCC2)c1. The lowest BCUT2D eigenvalue weighted by Gasteiger charge is -2.22. The van der Waals surface area contributed by atoms with Crippen molar-refractivity contribution in [2.45, 2.75) is 55.5 Å². The summed E-state index contributed by atoms with van der Waals surface area (Å²) in [6.07, 6.45) is 5.82. The van der Waals surface area contributed by atoms with Crippen molar-refractivity contribution in [3.8, 4) is 11.5 Å². The molecule has 0 aliphatic heterocycles. The highest BCUT2D eigenvalue weighted by Crippen LogP contribution is 2.33. The second-order valence-electron chi connectivity index (χ2n) is 6.51. The minimum absolute atomic E-state index is 0.148. The molecule has 3 rings (SSSR count). The van der Waals surface area contributed by atoms with E-state index in [1.165, 1.54) is 31.0 Å². The van der Waals surface area contributed by atoms with Gasteiger partial charge in [0, 0.05) is 6.07 Å². The number of thioether (sulfide) groups is 1. The fraction of sp³-hybridized carbons (Fsp3) is 0.556. The van der Waals surface area contributed by atoms with E-state index >= 15 is 0 Å². The number of amides is 1. The summed E-state index contributed by atoms with van der Waals surface area (Å²) in [6.45, 7) is 1.84. The fourth-order valence-electron chi connectivity index (χ4n) is 3.18. The van der Waals surface area contributed by atoms with Crippen LogP contribution in [0.25, 0.3) is 0 Å². The van der Waals surface area contributed by atoms with Gasteiger partial charge in [0.1, 0.15) is 11.5 Å². The quantitative estimate of drug-likeness (QED) is 0.724. The molecule has 0 bridgehead atoms. The highest BCUT2D eigenvalue weighted by atomic mass is 32.2. The lowest BCUT2D eigenvalue weighted by Crippen LogP contribution is -2.24. The summed E-state index contributed by atoms with van der Waals surface area (Å²) >= 11 is 1.36. The monoisotopic (exact) mass is 391 g/mol. The van der Waals surface area contributed by atoms with E-state index in [4.69, 9.17) is 9.47 Å². The molecule has 1 unspecified atom stereocenters. The van der Waals surface area contributed by atoms with E-state index in [1.807, 2.05) is 11.6 Å². The summed E-state index contributed by atoms with van der Waals surface area (Å²) in [4.78, 5) is 12.7. The van der Waals surface area contributed by atoms with Gasteiger partial charge in [0.15, 0.2) is 0 Å². The number of hydrogen-bond donors (Lipinski definition) is 1. The predicted octanol–water partition coefficient (Wildman–Crippen LogP) is 3.31. The van der Waals surface area contributed by atoms with Crippen molar-refractivity contribution in [3.63, 3.8) is 0 Å². The summed E-state index contributed by atoms with van der Waals surface area (Å²) in [7, 11) is 3.14. The number of carbonyl (C=O) groups is 1. The number of carbonyl (C=O) groups excluding carboxylic acids is 1. The van der Waals surface area contributed by atoms with Gasteiger partial charge in [0.05, 0.1) is 31.2 Å². The number of nitrogens with one attached hydrogen (secondary N) is 1. The average molecular weight is 391 g/mol. The van der Waals surface area contributed by atoms with Crippen LogP contribution in [0.1, 0.15) is 45.1 Å². The number of anilines is 1. The molecule has 1 heterocycles. The normalized spacial score (nSPS) is 16.0. The number of methoxy groups -OCH3 is 2. The van der Waals surface area contributed by atoms with Crippen LogP contribution in [0.15, 0.2) is 23.4 Å². The van der Waals surface area contributed by atoms with Gasteiger partial charge in [-0.2, -0.15) is 0 Å². The highest BCUT2D eigenvalue weighted by Gasteiger charge is 2.24. The molecule has 1 atom stereocenters. The van der Waals surface area contributed by atoms with E-state index < -0.39 is 0 Å². The summed E-state index contributed by atoms with van der Waals surface area (Å²) in [5.41, 5.74) is 0.571. The third-order valence-corrected chi connectivity index (χ3v) is 5.75. The fourth-order valence-corrected chi connectivity index (χ4v) is 4.03. The largest absolute Gasteiger partial charge is 0.497 e. The molecule has 1 amide bonds. The number of rotatable bonds is 7. The topological polar surface area (TPSA) is 91.2 Å². The molecule has 1 N–H and O–H groups in total. The van der Waals surface area contributed by atoms with Crippen molar-refractivity contribution in [1.82, 2.24) is 20.2 Å². The van der Waals surface area contributed by atoms with Crippen molar-refractivity contribution in [2.75, 3.05) is 19.5 Å². The van der Waals surface area contributed by atoms with Crippen molar-refractivity contribution in [3.05, 3.63) is 18.2 Å². The van der Waals surface area contributed by atoms with Gasteiger partial charge in [0.2, 0.25) is 11.1 Å². The number of tetrazole rings is 1. The molecule has 1 aromatic carbocycles. The van der Waals surface area contributed by atoms with Crippen LogP contribution in [0.3, 0.4) is 0 Å². The Morgan fingerprint density at radius 1 is 1.26 bits per heavy atom. The van der Waals surface area contributed by atoms with Crippen LogP contribution in [0, 0.1) is 0 Å². The maximum absolute atomic E-state index is 12.7. The molecular weight excluding hydrogens is 366 g/mol. The third kappa shape index (κ3) is 4.71. The number of nitrogens with zero attached hydrogens (tertiary/aromatic N) is 4. The molecular formula is C18H25N5O3S. The second-order valence-corrected chi connectivity index (χ2v) is 7.82. The zero-order valence-corrected chi connectivity index (χ0v) is 16.7. The summed E-state index contributed by atoms with van der Waals surface area (Å²) in [5, 5.41) is 15.3. The molecule has 0 saturated heterocycles. The lowest BCUT2D eigenvalue weighted by atomic mass is 9.96. The van der Waals surface area contributed by atoms with Crippen LogP contribution in [0.5, 0.6) is 11.5 Å². The van der Waals surface area contributed by atoms with E-state index in [-0.39, 0.29) is 11.2 Å². The maximum atomic E-state index is 12.7. The van der Waals surface area contributed by atoms with Gasteiger partial charge in [-0.05, 0) is 42.3 Å². The zero-order chi connectivity index (χ0) is 19.2. The molecule has 1 aromatic heterocycles. The van der Waals surface area contributed by atoms with Gasteiger partial charge in [-0.25, -0.2) is 4.68 Å². The summed E-state index contributed by atoms with van der Waals surface area (Å²) in [6, 6.07) is 5.60. The number of hydrogen-bond acceptors (Lipinski definition) is 7. The number of ether oxygens (including phenoxy) is 2. The Hall–Kier alpha value is -2.29. The van der Waals surface area contributed by atoms with Crippen molar-refractivity contribution in [1.29, 1.82) is 0 Å². The Kier molecular flexibility index (Phi) is 6.54. The number of aromatic nitrogens is 4. The van der Waals surface area contributed by atoms with E-state index in [0.29, 0.717) is 28.4 Å². The Morgan fingerprint density at radius 3 is 2.74 bits per heavy atom. The van der Waals surface area contributed by atoms with Gasteiger partial charge in [-0.1, -0.05) is 31.0 Å². The Bertz CT molecular complexity index is 776. The molecule has 0 radical (unpaired) electrons.